The van der Waals surface area contributed by atoms with Gasteiger partial charge in [-0.1, -0.05) is 5.16 Å². The molecule has 4 heterocycles. The van der Waals surface area contributed by atoms with Crippen molar-refractivity contribution in [1.29, 1.82) is 0 Å². The molecule has 0 saturated carbocycles. The zero-order valence-electron chi connectivity index (χ0n) is 14.9. The number of aliphatic hydroxyl groups excluding tert-OH is 1. The molecular weight excluding hydrogens is 318 g/mol. The molecule has 0 unspecified atom stereocenters. The molecule has 1 N–H and O–H groups in total. The summed E-state index contributed by atoms with van der Waals surface area (Å²) in [5.41, 5.74) is 0.816. The van der Waals surface area contributed by atoms with E-state index in [0.717, 1.165) is 56.8 Å². The lowest BCUT2D eigenvalue weighted by molar-refractivity contribution is -0.0466. The number of hydrogen-bond acceptors (Lipinski definition) is 7. The van der Waals surface area contributed by atoms with Gasteiger partial charge in [-0.25, -0.2) is 4.98 Å². The average Bonchev–Trinajstić information content (AvgIpc) is 3.05. The monoisotopic (exact) mass is 343 g/mol. The molecule has 4 rings (SSSR count). The first kappa shape index (κ1) is 16.5. The van der Waals surface area contributed by atoms with Crippen LogP contribution in [-0.2, 0) is 0 Å². The predicted molar refractivity (Wildman–Crippen MR) is 94.3 cm³/mol. The summed E-state index contributed by atoms with van der Waals surface area (Å²) in [5.74, 6) is 2.05. The number of aryl methyl sites for hydroxylation is 1. The molecule has 2 aromatic rings. The summed E-state index contributed by atoms with van der Waals surface area (Å²) >= 11 is 0. The van der Waals surface area contributed by atoms with Crippen molar-refractivity contribution in [3.8, 4) is 11.5 Å². The standard InChI is InChI=1S/C18H25N5O2/c1-13-20-17(25-21-13)14-4-7-19-16(10-14)23-8-3-6-18(12-23)11-22(2)9-5-15(18)24/h4,7,10,15,24H,3,5-6,8-9,11-12H2,1-2H3/t15-,18-/m0/s1. The summed E-state index contributed by atoms with van der Waals surface area (Å²) < 4.78 is 5.28. The second-order valence-electron chi connectivity index (χ2n) is 7.48. The van der Waals surface area contributed by atoms with Gasteiger partial charge in [0.15, 0.2) is 5.82 Å². The van der Waals surface area contributed by atoms with Crippen molar-refractivity contribution in [1.82, 2.24) is 20.0 Å². The lowest BCUT2D eigenvalue weighted by Crippen LogP contribution is -2.58. The third-order valence-corrected chi connectivity index (χ3v) is 5.53. The third-order valence-electron chi connectivity index (χ3n) is 5.53. The van der Waals surface area contributed by atoms with Crippen molar-refractivity contribution >= 4 is 5.82 Å². The molecule has 2 aliphatic rings. The van der Waals surface area contributed by atoms with Gasteiger partial charge < -0.3 is 19.4 Å². The summed E-state index contributed by atoms with van der Waals surface area (Å²) in [6.45, 7) is 5.50. The van der Waals surface area contributed by atoms with Crippen LogP contribution in [0.15, 0.2) is 22.9 Å². The second-order valence-corrected chi connectivity index (χ2v) is 7.48. The minimum Gasteiger partial charge on any atom is -0.392 e. The highest BCUT2D eigenvalue weighted by molar-refractivity contribution is 5.58. The Morgan fingerprint density at radius 3 is 3.00 bits per heavy atom. The predicted octanol–water partition coefficient (Wildman–Crippen LogP) is 1.72. The van der Waals surface area contributed by atoms with E-state index in [2.05, 4.69) is 32.0 Å². The third kappa shape index (κ3) is 3.14. The van der Waals surface area contributed by atoms with E-state index in [9.17, 15) is 5.11 Å². The average molecular weight is 343 g/mol. The molecule has 25 heavy (non-hydrogen) atoms. The Hall–Kier alpha value is -1.99. The number of piperidine rings is 2. The number of anilines is 1. The molecule has 7 heteroatoms. The van der Waals surface area contributed by atoms with Crippen LogP contribution in [0.4, 0.5) is 5.82 Å². The number of hydrogen-bond donors (Lipinski definition) is 1. The summed E-state index contributed by atoms with van der Waals surface area (Å²) in [6.07, 6.45) is 4.52. The van der Waals surface area contributed by atoms with Gasteiger partial charge in [-0.2, -0.15) is 4.98 Å². The zero-order chi connectivity index (χ0) is 17.4. The van der Waals surface area contributed by atoms with Crippen LogP contribution in [-0.4, -0.2) is 64.5 Å². The van der Waals surface area contributed by atoms with E-state index in [4.69, 9.17) is 4.52 Å². The Morgan fingerprint density at radius 1 is 1.32 bits per heavy atom. The van der Waals surface area contributed by atoms with E-state index in [1.807, 2.05) is 19.1 Å². The van der Waals surface area contributed by atoms with Crippen LogP contribution in [0.2, 0.25) is 0 Å². The highest BCUT2D eigenvalue weighted by Gasteiger charge is 2.44. The zero-order valence-corrected chi connectivity index (χ0v) is 14.9. The quantitative estimate of drug-likeness (QED) is 0.889. The number of pyridine rings is 1. The lowest BCUT2D eigenvalue weighted by Gasteiger charge is -2.50. The van der Waals surface area contributed by atoms with Crippen LogP contribution < -0.4 is 4.90 Å². The van der Waals surface area contributed by atoms with Gasteiger partial charge >= 0.3 is 0 Å². The minimum atomic E-state index is -0.242. The topological polar surface area (TPSA) is 78.5 Å². The Bertz CT molecular complexity index is 749. The first-order chi connectivity index (χ1) is 12.1. The van der Waals surface area contributed by atoms with E-state index in [1.165, 1.54) is 0 Å². The van der Waals surface area contributed by atoms with E-state index < -0.39 is 0 Å². The van der Waals surface area contributed by atoms with Crippen molar-refractivity contribution in [2.24, 2.45) is 5.41 Å². The van der Waals surface area contributed by atoms with Crippen LogP contribution in [0.25, 0.3) is 11.5 Å². The largest absolute Gasteiger partial charge is 0.392 e. The molecule has 2 fully saturated rings. The van der Waals surface area contributed by atoms with Gasteiger partial charge in [-0.05, 0) is 45.4 Å². The highest BCUT2D eigenvalue weighted by atomic mass is 16.5. The molecule has 2 aliphatic heterocycles. The molecule has 2 atom stereocenters. The van der Waals surface area contributed by atoms with E-state index in [1.54, 1.807) is 6.20 Å². The number of aromatic nitrogens is 3. The molecule has 2 aromatic heterocycles. The fraction of sp³-hybridized carbons (Fsp3) is 0.611. The maximum atomic E-state index is 10.7. The van der Waals surface area contributed by atoms with Gasteiger partial charge in [0.25, 0.3) is 5.89 Å². The van der Waals surface area contributed by atoms with Crippen LogP contribution in [0.5, 0.6) is 0 Å². The maximum absolute atomic E-state index is 10.7. The van der Waals surface area contributed by atoms with Crippen molar-refractivity contribution < 1.29 is 9.63 Å². The van der Waals surface area contributed by atoms with Gasteiger partial charge in [0, 0.05) is 43.4 Å². The minimum absolute atomic E-state index is 0.0655. The Balaban J connectivity index is 1.59. The maximum Gasteiger partial charge on any atom is 0.258 e. The Labute approximate surface area is 147 Å². The summed E-state index contributed by atoms with van der Waals surface area (Å²) in [4.78, 5) is 13.5. The van der Waals surface area contributed by atoms with Gasteiger partial charge in [0.05, 0.1) is 6.10 Å². The van der Waals surface area contributed by atoms with E-state index in [-0.39, 0.29) is 11.5 Å². The number of likely N-dealkylation sites (tertiary alicyclic amines) is 1. The molecule has 7 nitrogen and oxygen atoms in total. The number of rotatable bonds is 2. The first-order valence-corrected chi connectivity index (χ1v) is 8.94. The van der Waals surface area contributed by atoms with Gasteiger partial charge in [0.1, 0.15) is 5.82 Å². The molecule has 134 valence electrons. The van der Waals surface area contributed by atoms with Crippen LogP contribution in [0, 0.1) is 12.3 Å². The van der Waals surface area contributed by atoms with E-state index in [0.29, 0.717) is 11.7 Å². The Kier molecular flexibility index (Phi) is 4.21. The summed E-state index contributed by atoms with van der Waals surface area (Å²) in [6, 6.07) is 3.89. The van der Waals surface area contributed by atoms with Crippen LogP contribution in [0.1, 0.15) is 25.1 Å². The van der Waals surface area contributed by atoms with Gasteiger partial charge in [0.2, 0.25) is 0 Å². The number of aliphatic hydroxyl groups is 1. The normalized spacial score (nSPS) is 27.8. The molecule has 0 amide bonds. The fourth-order valence-electron chi connectivity index (χ4n) is 4.27. The van der Waals surface area contributed by atoms with Crippen molar-refractivity contribution in [3.05, 3.63) is 24.2 Å². The lowest BCUT2D eigenvalue weighted by atomic mass is 9.71. The molecule has 0 bridgehead atoms. The van der Waals surface area contributed by atoms with Gasteiger partial charge in [-0.3, -0.25) is 0 Å². The summed E-state index contributed by atoms with van der Waals surface area (Å²) in [7, 11) is 2.14. The van der Waals surface area contributed by atoms with Crippen LogP contribution in [0.3, 0.4) is 0 Å². The molecule has 0 radical (unpaired) electrons. The first-order valence-electron chi connectivity index (χ1n) is 8.94. The smallest absolute Gasteiger partial charge is 0.258 e. The molecule has 1 spiro atoms. The van der Waals surface area contributed by atoms with Gasteiger partial charge in [-0.15, -0.1) is 0 Å². The summed E-state index contributed by atoms with van der Waals surface area (Å²) in [5, 5.41) is 14.6. The van der Waals surface area contributed by atoms with Crippen molar-refractivity contribution in [3.63, 3.8) is 0 Å². The van der Waals surface area contributed by atoms with E-state index >= 15 is 0 Å². The van der Waals surface area contributed by atoms with Crippen LogP contribution >= 0.6 is 0 Å². The van der Waals surface area contributed by atoms with Crippen molar-refractivity contribution in [2.45, 2.75) is 32.3 Å². The second kappa shape index (κ2) is 6.38. The number of nitrogens with zero attached hydrogens (tertiary/aromatic N) is 5. The molecule has 0 aromatic carbocycles. The SMILES string of the molecule is Cc1noc(-c2ccnc(N3CCC[C@]4(CN(C)CC[C@@H]4O)C3)c2)n1. The Morgan fingerprint density at radius 2 is 2.20 bits per heavy atom. The molecular formula is C18H25N5O2. The molecule has 2 saturated heterocycles. The fourth-order valence-corrected chi connectivity index (χ4v) is 4.27. The highest BCUT2D eigenvalue weighted by Crippen LogP contribution is 2.39. The van der Waals surface area contributed by atoms with Crippen molar-refractivity contribution in [2.75, 3.05) is 38.1 Å². The molecule has 0 aliphatic carbocycles.